The van der Waals surface area contributed by atoms with Crippen LogP contribution in [0.25, 0.3) is 0 Å². The van der Waals surface area contributed by atoms with Crippen LogP contribution in [0, 0.1) is 5.92 Å². The van der Waals surface area contributed by atoms with Crippen molar-refractivity contribution in [3.8, 4) is 0 Å². The Hall–Kier alpha value is -1.67. The van der Waals surface area contributed by atoms with Crippen LogP contribution in [-0.4, -0.2) is 6.54 Å². The van der Waals surface area contributed by atoms with E-state index in [2.05, 4.69) is 65.0 Å². The quantitative estimate of drug-likeness (QED) is 0.676. The van der Waals surface area contributed by atoms with E-state index < -0.39 is 0 Å². The van der Waals surface area contributed by atoms with E-state index in [-0.39, 0.29) is 0 Å². The first-order valence-corrected chi connectivity index (χ1v) is 9.13. The van der Waals surface area contributed by atoms with Gasteiger partial charge in [0.1, 0.15) is 0 Å². The number of H-pyrrole nitrogens is 1. The Labute approximate surface area is 168 Å². The number of hydrogen-bond donors (Lipinski definition) is 1. The standard InChI is InChI=1S/C10H14.C5H5N.C5H12.C2H7N.5H2/c1-3-9(2)10-7-5-4-6-8-10;1-2-4-6-5-3-1;1-4-5(2)3;1-2-3;;;;;/h4-9H,3H2,1-2H3;1-5H;5H,4H2,1-3H3;2-3H2,1H3;5*1H/p+2/i;;;;5*1+1D/hD2. The number of hydrogen-bond acceptors (Lipinski definition) is 0. The van der Waals surface area contributed by atoms with Crippen molar-refractivity contribution >= 4 is 0 Å². The number of aromatic amines is 1. The largest absolute Gasteiger partial charge is 0.453 e. The second-order valence-corrected chi connectivity index (χ2v) is 5.95. The molecule has 1 atom stereocenters. The van der Waals surface area contributed by atoms with Crippen molar-refractivity contribution < 1.29 is 28.4 Å². The predicted molar refractivity (Wildman–Crippen MR) is 117 cm³/mol. The summed E-state index contributed by atoms with van der Waals surface area (Å²) in [6, 6.07) is 16.1. The minimum atomic E-state index is 0.709. The molecule has 0 amide bonds. The van der Waals surface area contributed by atoms with E-state index >= 15 is 0 Å². The lowest BCUT2D eigenvalue weighted by atomic mass is 9.99. The third-order valence-electron chi connectivity index (χ3n) is 3.36. The highest BCUT2D eigenvalue weighted by atomic mass is 14.6. The van der Waals surface area contributed by atoms with Gasteiger partial charge in [0, 0.05) is 27.0 Å². The summed E-state index contributed by atoms with van der Waals surface area (Å²) in [5, 5.41) is 0. The average Bonchev–Trinajstić information content (AvgIpc) is 2.99. The highest BCUT2D eigenvalue weighted by Crippen LogP contribution is 2.16. The lowest BCUT2D eigenvalue weighted by molar-refractivity contribution is -0.378. The van der Waals surface area contributed by atoms with Crippen LogP contribution in [-0.2, 0) is 0 Å². The summed E-state index contributed by atoms with van der Waals surface area (Å²) in [7, 11) is 0. The topological polar surface area (TPSA) is 41.8 Å². The lowest BCUT2D eigenvalue weighted by Gasteiger charge is -2.06. The molecule has 0 bridgehead atoms. The van der Waals surface area contributed by atoms with Crippen LogP contribution in [0.4, 0.5) is 0 Å². The molecule has 1 aromatic heterocycles. The van der Waals surface area contributed by atoms with Crippen molar-refractivity contribution in [3.05, 3.63) is 66.5 Å². The number of benzene rings is 1. The van der Waals surface area contributed by atoms with Gasteiger partial charge in [-0.15, -0.1) is 0 Å². The third-order valence-corrected chi connectivity index (χ3v) is 3.36. The van der Waals surface area contributed by atoms with Crippen LogP contribution in [0.5, 0.6) is 0 Å². The molecule has 0 aliphatic heterocycles. The fraction of sp³-hybridized carbons (Fsp3) is 0.500. The first-order chi connectivity index (χ1) is 17.4. The zero-order chi connectivity index (χ0) is 30.2. The molecule has 2 aromatic rings. The molecule has 0 fully saturated rings. The van der Waals surface area contributed by atoms with Gasteiger partial charge in [-0.2, -0.15) is 0 Å². The van der Waals surface area contributed by atoms with E-state index in [1.54, 1.807) is 12.4 Å². The molecule has 1 heterocycles. The maximum Gasteiger partial charge on any atom is 0.453 e. The molecule has 2 rings (SSSR count). The summed E-state index contributed by atoms with van der Waals surface area (Å²) in [6.07, 6.45) is 5.87. The molecule has 0 saturated carbocycles. The minimum absolute atomic E-state index is 0.709. The Kier molecular flexibility index (Phi) is 11.0. The van der Waals surface area contributed by atoms with E-state index in [1.807, 2.05) is 25.1 Å². The van der Waals surface area contributed by atoms with Crippen LogP contribution in [0.15, 0.2) is 60.9 Å². The maximum absolute atomic E-state index is 6.91. The molecule has 4 N–H and O–H groups in total. The summed E-state index contributed by atoms with van der Waals surface area (Å²) in [5.74, 6) is 1.59. The van der Waals surface area contributed by atoms with Crippen LogP contribution in [0.3, 0.4) is 0 Å². The summed E-state index contributed by atoms with van der Waals surface area (Å²) in [4.78, 5) is 1.25. The molecular formula is C22H50N2+2. The monoisotopic (exact) mass is 354 g/mol. The van der Waals surface area contributed by atoms with E-state index in [0.717, 1.165) is 12.5 Å². The smallest absolute Gasteiger partial charge is 0.358 e. The molecule has 146 valence electrons. The van der Waals surface area contributed by atoms with E-state index in [9.17, 15) is 0 Å². The highest BCUT2D eigenvalue weighted by molar-refractivity contribution is 5.18. The van der Waals surface area contributed by atoms with Crippen LogP contribution < -0.4 is 10.7 Å². The van der Waals surface area contributed by atoms with Gasteiger partial charge in [0.25, 0.3) is 0 Å². The number of aromatic nitrogens is 1. The van der Waals surface area contributed by atoms with Crippen LogP contribution >= 0.6 is 0 Å². The summed E-state index contributed by atoms with van der Waals surface area (Å²) < 4.78 is 63.2. The van der Waals surface area contributed by atoms with Gasteiger partial charge in [-0.1, -0.05) is 77.4 Å². The molecular weight excluding hydrogens is 292 g/mol. The Morgan fingerprint density at radius 1 is 1.00 bits per heavy atom. The predicted octanol–water partition coefficient (Wildman–Crippen LogP) is 6.23. The second-order valence-electron chi connectivity index (χ2n) is 5.95. The maximum atomic E-state index is 6.91. The van der Waals surface area contributed by atoms with Gasteiger partial charge < -0.3 is 5.73 Å². The Morgan fingerprint density at radius 3 is 1.75 bits per heavy atom. The summed E-state index contributed by atoms with van der Waals surface area (Å²) >= 11 is 0. The van der Waals surface area contributed by atoms with E-state index in [4.69, 9.17) is 17.7 Å². The molecule has 2 nitrogen and oxygen atoms in total. The number of quaternary nitrogens is 1. The normalized spacial score (nSPS) is 13.0. The minimum Gasteiger partial charge on any atom is -0.358 e. The van der Waals surface area contributed by atoms with Gasteiger partial charge in [0.2, 0.25) is 0 Å². The molecule has 0 radical (unpaired) electrons. The summed E-state index contributed by atoms with van der Waals surface area (Å²) in [6.45, 7) is 13.9. The SMILES string of the molecule is CCC(C)C.CCC(C)c1ccccc1.[2H][2H].[2H][2H].[2H][2H].[2H][2H].[2H][2H].[2H][NH2+]CC.[2H][n+]1ccccc1. The van der Waals surface area contributed by atoms with Crippen molar-refractivity contribution in [2.45, 2.75) is 60.3 Å². The first-order valence-electron chi connectivity index (χ1n) is 15.2. The van der Waals surface area contributed by atoms with Crippen molar-refractivity contribution in [1.29, 1.82) is 0 Å². The lowest BCUT2D eigenvalue weighted by Crippen LogP contribution is -2.48. The van der Waals surface area contributed by atoms with Gasteiger partial charge in [0.05, 0.1) is 6.54 Å². The van der Waals surface area contributed by atoms with E-state index in [1.165, 1.54) is 29.1 Å². The molecule has 0 aliphatic carbocycles. The van der Waals surface area contributed by atoms with Crippen molar-refractivity contribution in [1.82, 2.24) is 0 Å². The molecule has 1 unspecified atom stereocenters. The second kappa shape index (κ2) is 19.4. The first kappa shape index (κ1) is 13.6. The van der Waals surface area contributed by atoms with Gasteiger partial charge in [0.15, 0.2) is 12.4 Å². The Morgan fingerprint density at radius 2 is 1.46 bits per heavy atom. The fourth-order valence-corrected chi connectivity index (χ4v) is 1.33. The third kappa shape index (κ3) is 18.4. The molecule has 2 heteroatoms. The van der Waals surface area contributed by atoms with Crippen molar-refractivity contribution in [2.24, 2.45) is 5.92 Å². The zero-order valence-electron chi connectivity index (χ0n) is 28.6. The molecule has 24 heavy (non-hydrogen) atoms. The molecule has 0 saturated heterocycles. The number of nitrogens with one attached hydrogen (secondary N) is 1. The number of pyridine rings is 1. The van der Waals surface area contributed by atoms with Crippen molar-refractivity contribution in [3.63, 3.8) is 0 Å². The molecule has 0 spiro atoms. The Balaban J connectivity index is -0.0000000578. The van der Waals surface area contributed by atoms with E-state index in [0.29, 0.717) is 5.92 Å². The van der Waals surface area contributed by atoms with Crippen LogP contribution in [0.2, 0.25) is 2.82 Å². The molecule has 0 aliphatic rings. The zero-order valence-corrected chi connectivity index (χ0v) is 16.6. The van der Waals surface area contributed by atoms with Gasteiger partial charge in [-0.3, -0.25) is 0 Å². The van der Waals surface area contributed by atoms with Crippen LogP contribution in [0.1, 0.15) is 80.7 Å². The average molecular weight is 355 g/mol. The highest BCUT2D eigenvalue weighted by Gasteiger charge is 1.98. The molecule has 1 aromatic carbocycles. The van der Waals surface area contributed by atoms with Crippen molar-refractivity contribution in [2.75, 3.05) is 6.54 Å². The Bertz CT molecular complexity index is 511. The number of rotatable bonds is 4. The van der Waals surface area contributed by atoms with Gasteiger partial charge in [-0.05, 0) is 30.7 Å². The van der Waals surface area contributed by atoms with Gasteiger partial charge >= 0.3 is 2.82 Å². The van der Waals surface area contributed by atoms with Gasteiger partial charge in [-0.25, -0.2) is 4.98 Å². The fourth-order valence-electron chi connectivity index (χ4n) is 1.33. The summed E-state index contributed by atoms with van der Waals surface area (Å²) in [5.41, 5.74) is 2.82.